The lowest BCUT2D eigenvalue weighted by Gasteiger charge is -2.15. The number of carbonyl (C=O) groups excluding carboxylic acids is 1. The molecule has 0 saturated carbocycles. The summed E-state index contributed by atoms with van der Waals surface area (Å²) in [5.74, 6) is -0.0469. The van der Waals surface area contributed by atoms with Crippen LogP contribution in [0.5, 0.6) is 0 Å². The molecule has 1 N–H and O–H groups in total. The summed E-state index contributed by atoms with van der Waals surface area (Å²) in [5.41, 5.74) is 2.40. The highest BCUT2D eigenvalue weighted by atomic mass is 16.2. The molecule has 0 unspecified atom stereocenters. The fourth-order valence-corrected chi connectivity index (χ4v) is 1.72. The van der Waals surface area contributed by atoms with Crippen LogP contribution >= 0.6 is 0 Å². The first-order chi connectivity index (χ1) is 8.08. The molecular formula is C11H15N5O. The predicted octanol–water partition coefficient (Wildman–Crippen LogP) is 0.724. The molecule has 2 aromatic rings. The van der Waals surface area contributed by atoms with Crippen LogP contribution in [0.15, 0.2) is 18.5 Å². The second-order valence-corrected chi connectivity index (χ2v) is 4.06. The standard InChI is InChI=1S/C11H15N5O/c1-8-4-10(16(3)14-8)11(17)15(2)7-9-5-12-13-6-9/h4-6H,7H2,1-3H3,(H,12,13). The Kier molecular flexibility index (Phi) is 2.95. The third-order valence-corrected chi connectivity index (χ3v) is 2.54. The molecule has 0 fully saturated rings. The highest BCUT2D eigenvalue weighted by Gasteiger charge is 2.16. The van der Waals surface area contributed by atoms with Gasteiger partial charge in [0.1, 0.15) is 5.69 Å². The van der Waals surface area contributed by atoms with Crippen LogP contribution in [-0.2, 0) is 13.6 Å². The quantitative estimate of drug-likeness (QED) is 0.849. The van der Waals surface area contributed by atoms with Crippen LogP contribution in [-0.4, -0.2) is 37.8 Å². The summed E-state index contributed by atoms with van der Waals surface area (Å²) >= 11 is 0. The monoisotopic (exact) mass is 233 g/mol. The highest BCUT2D eigenvalue weighted by Crippen LogP contribution is 2.08. The number of aromatic amines is 1. The van der Waals surface area contributed by atoms with Crippen LogP contribution in [0.1, 0.15) is 21.7 Å². The summed E-state index contributed by atoms with van der Waals surface area (Å²) in [5, 5.41) is 10.7. The molecule has 2 aromatic heterocycles. The topological polar surface area (TPSA) is 66.8 Å². The van der Waals surface area contributed by atoms with Gasteiger partial charge in [-0.3, -0.25) is 14.6 Å². The largest absolute Gasteiger partial charge is 0.336 e. The lowest BCUT2D eigenvalue weighted by atomic mass is 10.3. The van der Waals surface area contributed by atoms with Crippen LogP contribution in [0.2, 0.25) is 0 Å². The summed E-state index contributed by atoms with van der Waals surface area (Å²) in [6.45, 7) is 2.40. The van der Waals surface area contributed by atoms with Gasteiger partial charge in [-0.1, -0.05) is 0 Å². The zero-order chi connectivity index (χ0) is 12.4. The van der Waals surface area contributed by atoms with Gasteiger partial charge in [-0.15, -0.1) is 0 Å². The van der Waals surface area contributed by atoms with Crippen molar-refractivity contribution in [2.24, 2.45) is 7.05 Å². The fraction of sp³-hybridized carbons (Fsp3) is 0.364. The fourth-order valence-electron chi connectivity index (χ4n) is 1.72. The Bertz CT molecular complexity index is 514. The van der Waals surface area contributed by atoms with Gasteiger partial charge in [-0.25, -0.2) is 0 Å². The maximum atomic E-state index is 12.1. The Hall–Kier alpha value is -2.11. The van der Waals surface area contributed by atoms with Crippen molar-refractivity contribution in [3.63, 3.8) is 0 Å². The highest BCUT2D eigenvalue weighted by molar-refractivity contribution is 5.92. The first kappa shape index (κ1) is 11.4. The van der Waals surface area contributed by atoms with Crippen molar-refractivity contribution < 1.29 is 4.79 Å². The van der Waals surface area contributed by atoms with E-state index in [4.69, 9.17) is 0 Å². The van der Waals surface area contributed by atoms with E-state index < -0.39 is 0 Å². The second-order valence-electron chi connectivity index (χ2n) is 4.06. The minimum atomic E-state index is -0.0469. The maximum Gasteiger partial charge on any atom is 0.272 e. The molecule has 0 aliphatic heterocycles. The van der Waals surface area contributed by atoms with E-state index >= 15 is 0 Å². The number of carbonyl (C=O) groups is 1. The number of nitrogens with one attached hydrogen (secondary N) is 1. The van der Waals surface area contributed by atoms with Gasteiger partial charge in [-0.2, -0.15) is 10.2 Å². The Morgan fingerprint density at radius 1 is 1.59 bits per heavy atom. The molecule has 17 heavy (non-hydrogen) atoms. The predicted molar refractivity (Wildman–Crippen MR) is 62.3 cm³/mol. The summed E-state index contributed by atoms with van der Waals surface area (Å²) in [7, 11) is 3.53. The van der Waals surface area contributed by atoms with Crippen molar-refractivity contribution in [2.75, 3.05) is 7.05 Å². The molecular weight excluding hydrogens is 218 g/mol. The van der Waals surface area contributed by atoms with Crippen molar-refractivity contribution in [1.82, 2.24) is 24.9 Å². The van der Waals surface area contributed by atoms with Crippen molar-refractivity contribution in [2.45, 2.75) is 13.5 Å². The number of rotatable bonds is 3. The third-order valence-electron chi connectivity index (χ3n) is 2.54. The number of hydrogen-bond donors (Lipinski definition) is 1. The third kappa shape index (κ3) is 2.35. The summed E-state index contributed by atoms with van der Waals surface area (Å²) < 4.78 is 1.60. The van der Waals surface area contributed by atoms with E-state index in [1.54, 1.807) is 42.1 Å². The first-order valence-corrected chi connectivity index (χ1v) is 5.31. The minimum absolute atomic E-state index is 0.0469. The summed E-state index contributed by atoms with van der Waals surface area (Å²) in [6.07, 6.45) is 3.48. The van der Waals surface area contributed by atoms with Gasteiger partial charge in [0.05, 0.1) is 11.9 Å². The molecule has 0 radical (unpaired) electrons. The minimum Gasteiger partial charge on any atom is -0.336 e. The number of hydrogen-bond acceptors (Lipinski definition) is 3. The Morgan fingerprint density at radius 3 is 2.88 bits per heavy atom. The van der Waals surface area contributed by atoms with E-state index in [-0.39, 0.29) is 5.91 Å². The van der Waals surface area contributed by atoms with Crippen molar-refractivity contribution in [1.29, 1.82) is 0 Å². The van der Waals surface area contributed by atoms with Gasteiger partial charge in [0, 0.05) is 32.4 Å². The second kappa shape index (κ2) is 4.40. The van der Waals surface area contributed by atoms with Crippen molar-refractivity contribution in [3.05, 3.63) is 35.4 Å². The first-order valence-electron chi connectivity index (χ1n) is 5.31. The van der Waals surface area contributed by atoms with Crippen molar-refractivity contribution >= 4 is 5.91 Å². The molecule has 0 aliphatic rings. The molecule has 2 rings (SSSR count). The molecule has 90 valence electrons. The molecule has 0 atom stereocenters. The Labute approximate surface area is 99.2 Å². The number of amides is 1. The Morgan fingerprint density at radius 2 is 2.35 bits per heavy atom. The van der Waals surface area contributed by atoms with E-state index in [1.165, 1.54) is 0 Å². The zero-order valence-corrected chi connectivity index (χ0v) is 10.1. The number of nitrogens with zero attached hydrogens (tertiary/aromatic N) is 4. The SMILES string of the molecule is Cc1cc(C(=O)N(C)Cc2cn[nH]c2)n(C)n1. The smallest absolute Gasteiger partial charge is 0.272 e. The van der Waals surface area contributed by atoms with Gasteiger partial charge in [0.25, 0.3) is 5.91 Å². The maximum absolute atomic E-state index is 12.1. The van der Waals surface area contributed by atoms with Crippen molar-refractivity contribution in [3.8, 4) is 0 Å². The van der Waals surface area contributed by atoms with Crippen LogP contribution in [0.4, 0.5) is 0 Å². The molecule has 0 aromatic carbocycles. The van der Waals surface area contributed by atoms with Gasteiger partial charge < -0.3 is 4.90 Å². The molecule has 6 nitrogen and oxygen atoms in total. The summed E-state index contributed by atoms with van der Waals surface area (Å²) in [4.78, 5) is 13.8. The van der Waals surface area contributed by atoms with Gasteiger partial charge in [0.2, 0.25) is 0 Å². The zero-order valence-electron chi connectivity index (χ0n) is 10.1. The molecule has 0 aliphatic carbocycles. The van der Waals surface area contributed by atoms with E-state index in [9.17, 15) is 4.79 Å². The van der Waals surface area contributed by atoms with Crippen LogP contribution in [0.3, 0.4) is 0 Å². The molecule has 0 saturated heterocycles. The van der Waals surface area contributed by atoms with Gasteiger partial charge in [-0.05, 0) is 13.0 Å². The Balaban J connectivity index is 2.12. The molecule has 2 heterocycles. The number of H-pyrrole nitrogens is 1. The molecule has 0 spiro atoms. The van der Waals surface area contributed by atoms with E-state index in [0.29, 0.717) is 12.2 Å². The average Bonchev–Trinajstić information content (AvgIpc) is 2.87. The van der Waals surface area contributed by atoms with E-state index in [2.05, 4.69) is 15.3 Å². The van der Waals surface area contributed by atoms with Crippen LogP contribution < -0.4 is 0 Å². The lowest BCUT2D eigenvalue weighted by Crippen LogP contribution is -2.27. The lowest BCUT2D eigenvalue weighted by molar-refractivity contribution is 0.0774. The normalized spacial score (nSPS) is 10.5. The van der Waals surface area contributed by atoms with Crippen LogP contribution in [0, 0.1) is 6.92 Å². The molecule has 6 heteroatoms. The van der Waals surface area contributed by atoms with Crippen LogP contribution in [0.25, 0.3) is 0 Å². The molecule has 1 amide bonds. The molecule has 0 bridgehead atoms. The van der Waals surface area contributed by atoms with Gasteiger partial charge in [0.15, 0.2) is 0 Å². The average molecular weight is 233 g/mol. The number of aromatic nitrogens is 4. The van der Waals surface area contributed by atoms with Gasteiger partial charge >= 0.3 is 0 Å². The summed E-state index contributed by atoms with van der Waals surface area (Å²) in [6, 6.07) is 1.79. The number of aryl methyl sites for hydroxylation is 2. The van der Waals surface area contributed by atoms with E-state index in [1.807, 2.05) is 6.92 Å². The van der Waals surface area contributed by atoms with E-state index in [0.717, 1.165) is 11.3 Å².